The molecule has 0 saturated carbocycles. The highest BCUT2D eigenvalue weighted by Crippen LogP contribution is 2.29. The number of thioether (sulfide) groups is 1. The van der Waals surface area contributed by atoms with Gasteiger partial charge in [0.1, 0.15) is 4.88 Å². The zero-order valence-electron chi connectivity index (χ0n) is 8.36. The van der Waals surface area contributed by atoms with Gasteiger partial charge in [0, 0.05) is 10.6 Å². The third-order valence-corrected chi connectivity index (χ3v) is 4.62. The first-order chi connectivity index (χ1) is 7.16. The van der Waals surface area contributed by atoms with E-state index < -0.39 is 5.97 Å². The fourth-order valence-electron chi connectivity index (χ4n) is 1.29. The monoisotopic (exact) mass is 244 g/mol. The Labute approximate surface area is 96.4 Å². The molecule has 0 spiro atoms. The van der Waals surface area contributed by atoms with Gasteiger partial charge >= 0.3 is 5.97 Å². The fraction of sp³-hybridized carbons (Fsp3) is 0.500. The van der Waals surface area contributed by atoms with Crippen molar-refractivity contribution in [2.75, 3.05) is 13.2 Å². The molecule has 0 amide bonds. The van der Waals surface area contributed by atoms with Crippen LogP contribution in [0.15, 0.2) is 6.07 Å². The molecule has 15 heavy (non-hydrogen) atoms. The van der Waals surface area contributed by atoms with Gasteiger partial charge in [-0.15, -0.1) is 23.1 Å². The van der Waals surface area contributed by atoms with Crippen molar-refractivity contribution >= 4 is 29.1 Å². The van der Waals surface area contributed by atoms with Crippen LogP contribution < -0.4 is 0 Å². The minimum atomic E-state index is -0.827. The zero-order chi connectivity index (χ0) is 10.8. The lowest BCUT2D eigenvalue weighted by molar-refractivity contribution is 0.0455. The molecule has 2 heterocycles. The lowest BCUT2D eigenvalue weighted by Crippen LogP contribution is -2.30. The summed E-state index contributed by atoms with van der Waals surface area (Å²) in [7, 11) is 0. The van der Waals surface area contributed by atoms with Crippen LogP contribution in [-0.2, 0) is 10.5 Å². The maximum Gasteiger partial charge on any atom is 0.345 e. The van der Waals surface area contributed by atoms with Gasteiger partial charge in [0.05, 0.1) is 18.5 Å². The lowest BCUT2D eigenvalue weighted by atomic mass is 10.3. The Morgan fingerprint density at radius 1 is 1.73 bits per heavy atom. The summed E-state index contributed by atoms with van der Waals surface area (Å²) in [6.45, 7) is 3.64. The molecule has 1 aromatic rings. The first-order valence-corrected chi connectivity index (χ1v) is 6.55. The average molecular weight is 244 g/mol. The third kappa shape index (κ3) is 2.53. The van der Waals surface area contributed by atoms with E-state index in [2.05, 4.69) is 0 Å². The summed E-state index contributed by atoms with van der Waals surface area (Å²) >= 11 is 3.20. The van der Waals surface area contributed by atoms with Crippen LogP contribution >= 0.6 is 23.1 Å². The number of carboxylic acids is 1. The number of hydrogen-bond acceptors (Lipinski definition) is 4. The number of thiophene rings is 1. The van der Waals surface area contributed by atoms with E-state index in [0.29, 0.717) is 10.1 Å². The van der Waals surface area contributed by atoms with E-state index in [0.717, 1.165) is 29.4 Å². The molecule has 0 atom stereocenters. The second-order valence-corrected chi connectivity index (χ2v) is 6.01. The standard InChI is InChI=1S/C10H12O3S2/c1-6-7(2-9(15-6)10(11)12)5-14-8-3-13-4-8/h2,8H,3-5H2,1H3,(H,11,12). The molecule has 0 radical (unpaired) electrons. The van der Waals surface area contributed by atoms with Gasteiger partial charge in [-0.1, -0.05) is 0 Å². The van der Waals surface area contributed by atoms with Gasteiger partial charge in [-0.05, 0) is 18.6 Å². The molecular formula is C10H12O3S2. The van der Waals surface area contributed by atoms with Crippen molar-refractivity contribution in [3.8, 4) is 0 Å². The number of rotatable bonds is 4. The van der Waals surface area contributed by atoms with Crippen LogP contribution in [0.3, 0.4) is 0 Å². The summed E-state index contributed by atoms with van der Waals surface area (Å²) in [4.78, 5) is 12.3. The molecular weight excluding hydrogens is 232 g/mol. The van der Waals surface area contributed by atoms with E-state index in [-0.39, 0.29) is 0 Å². The maximum atomic E-state index is 10.8. The summed E-state index contributed by atoms with van der Waals surface area (Å²) in [5.74, 6) is 0.0650. The number of ether oxygens (including phenoxy) is 1. The Bertz CT molecular complexity index is 369. The molecule has 5 heteroatoms. The van der Waals surface area contributed by atoms with Crippen molar-refractivity contribution in [2.45, 2.75) is 17.9 Å². The summed E-state index contributed by atoms with van der Waals surface area (Å²) in [6.07, 6.45) is 0. The van der Waals surface area contributed by atoms with Crippen LogP contribution in [0.4, 0.5) is 0 Å². The molecule has 1 saturated heterocycles. The molecule has 0 bridgehead atoms. The quantitative estimate of drug-likeness (QED) is 0.883. The van der Waals surface area contributed by atoms with Crippen molar-refractivity contribution < 1.29 is 14.6 Å². The largest absolute Gasteiger partial charge is 0.477 e. The number of aryl methyl sites for hydroxylation is 1. The van der Waals surface area contributed by atoms with Crippen molar-refractivity contribution in [1.82, 2.24) is 0 Å². The summed E-state index contributed by atoms with van der Waals surface area (Å²) in [5, 5.41) is 9.44. The number of aromatic carboxylic acids is 1. The molecule has 0 aromatic carbocycles. The van der Waals surface area contributed by atoms with Crippen LogP contribution in [0.25, 0.3) is 0 Å². The summed E-state index contributed by atoms with van der Waals surface area (Å²) in [5.41, 5.74) is 1.15. The van der Waals surface area contributed by atoms with Crippen LogP contribution in [0.1, 0.15) is 20.1 Å². The Balaban J connectivity index is 1.97. The van der Waals surface area contributed by atoms with E-state index in [9.17, 15) is 4.79 Å². The summed E-state index contributed by atoms with van der Waals surface area (Å²) in [6, 6.07) is 1.79. The van der Waals surface area contributed by atoms with Gasteiger partial charge < -0.3 is 9.84 Å². The van der Waals surface area contributed by atoms with Crippen molar-refractivity contribution in [1.29, 1.82) is 0 Å². The van der Waals surface area contributed by atoms with Crippen LogP contribution in [0.5, 0.6) is 0 Å². The predicted molar refractivity (Wildman–Crippen MR) is 61.9 cm³/mol. The Morgan fingerprint density at radius 2 is 2.47 bits per heavy atom. The van der Waals surface area contributed by atoms with Gasteiger partial charge in [-0.2, -0.15) is 0 Å². The predicted octanol–water partition coefficient (Wildman–Crippen LogP) is 2.39. The zero-order valence-corrected chi connectivity index (χ0v) is 9.99. The number of carboxylic acid groups (broad SMARTS) is 1. The first-order valence-electron chi connectivity index (χ1n) is 4.69. The highest BCUT2D eigenvalue weighted by Gasteiger charge is 2.19. The van der Waals surface area contributed by atoms with Gasteiger partial charge in [-0.25, -0.2) is 4.79 Å². The molecule has 1 N–H and O–H groups in total. The molecule has 1 aliphatic heterocycles. The maximum absolute atomic E-state index is 10.8. The molecule has 82 valence electrons. The highest BCUT2D eigenvalue weighted by molar-refractivity contribution is 7.99. The first kappa shape index (κ1) is 11.0. The Morgan fingerprint density at radius 3 is 2.93 bits per heavy atom. The molecule has 2 rings (SSSR count). The molecule has 3 nitrogen and oxygen atoms in total. The third-order valence-electron chi connectivity index (χ3n) is 2.31. The van der Waals surface area contributed by atoms with Crippen molar-refractivity contribution in [2.24, 2.45) is 0 Å². The van der Waals surface area contributed by atoms with Gasteiger partial charge in [0.15, 0.2) is 0 Å². The van der Waals surface area contributed by atoms with E-state index >= 15 is 0 Å². The second kappa shape index (κ2) is 4.55. The van der Waals surface area contributed by atoms with E-state index in [4.69, 9.17) is 9.84 Å². The van der Waals surface area contributed by atoms with E-state index in [1.807, 2.05) is 18.7 Å². The van der Waals surface area contributed by atoms with Crippen LogP contribution in [-0.4, -0.2) is 29.5 Å². The fourth-order valence-corrected chi connectivity index (χ4v) is 3.36. The topological polar surface area (TPSA) is 46.5 Å². The van der Waals surface area contributed by atoms with Crippen molar-refractivity contribution in [3.05, 3.63) is 21.4 Å². The smallest absolute Gasteiger partial charge is 0.345 e. The number of carbonyl (C=O) groups is 1. The molecule has 1 fully saturated rings. The minimum Gasteiger partial charge on any atom is -0.477 e. The Kier molecular flexibility index (Phi) is 3.33. The van der Waals surface area contributed by atoms with E-state index in [1.54, 1.807) is 6.07 Å². The molecule has 1 aromatic heterocycles. The second-order valence-electron chi connectivity index (χ2n) is 3.47. The molecule has 0 aliphatic carbocycles. The Hall–Kier alpha value is -0.520. The summed E-state index contributed by atoms with van der Waals surface area (Å²) < 4.78 is 5.08. The number of hydrogen-bond donors (Lipinski definition) is 1. The normalized spacial score (nSPS) is 16.3. The van der Waals surface area contributed by atoms with Gasteiger partial charge in [0.25, 0.3) is 0 Å². The SMILES string of the molecule is Cc1sc(C(=O)O)cc1CSC1COC1. The van der Waals surface area contributed by atoms with E-state index in [1.165, 1.54) is 11.3 Å². The molecule has 0 unspecified atom stereocenters. The highest BCUT2D eigenvalue weighted by atomic mass is 32.2. The van der Waals surface area contributed by atoms with Crippen LogP contribution in [0, 0.1) is 6.92 Å². The molecule has 1 aliphatic rings. The van der Waals surface area contributed by atoms with Crippen LogP contribution in [0.2, 0.25) is 0 Å². The van der Waals surface area contributed by atoms with Crippen molar-refractivity contribution in [3.63, 3.8) is 0 Å². The minimum absolute atomic E-state index is 0.438. The van der Waals surface area contributed by atoms with Gasteiger partial charge in [-0.3, -0.25) is 0 Å². The average Bonchev–Trinajstić information content (AvgIpc) is 2.45. The van der Waals surface area contributed by atoms with Gasteiger partial charge in [0.2, 0.25) is 0 Å². The lowest BCUT2D eigenvalue weighted by Gasteiger charge is -2.25.